The minimum Gasteiger partial charge on any atom is -0.363 e. The van der Waals surface area contributed by atoms with Gasteiger partial charge in [-0.25, -0.2) is 4.98 Å². The molecule has 0 aliphatic carbocycles. The van der Waals surface area contributed by atoms with Crippen LogP contribution in [0, 0.1) is 0 Å². The van der Waals surface area contributed by atoms with Crippen LogP contribution in [0.1, 0.15) is 66.1 Å². The van der Waals surface area contributed by atoms with E-state index in [0.29, 0.717) is 17.4 Å². The Balaban J connectivity index is 1.26. The molecule has 1 aliphatic rings. The molecule has 5 rings (SSSR count). The highest BCUT2D eigenvalue weighted by Gasteiger charge is 2.28. The second-order valence-electron chi connectivity index (χ2n) is 9.27. The van der Waals surface area contributed by atoms with Gasteiger partial charge in [-0.3, -0.25) is 19.9 Å². The van der Waals surface area contributed by atoms with Gasteiger partial charge in [0.2, 0.25) is 5.91 Å². The molecule has 9 heteroatoms. The summed E-state index contributed by atoms with van der Waals surface area (Å²) in [6, 6.07) is 16.1. The molecule has 1 fully saturated rings. The quantitative estimate of drug-likeness (QED) is 0.338. The molecule has 1 aromatic carbocycles. The van der Waals surface area contributed by atoms with Crippen molar-refractivity contribution in [2.24, 2.45) is 0 Å². The first kappa shape index (κ1) is 24.7. The molecule has 0 bridgehead atoms. The normalized spacial score (nSPS) is 15.9. The fraction of sp³-hybridized carbons (Fsp3) is 0.286. The van der Waals surface area contributed by atoms with E-state index in [4.69, 9.17) is 4.98 Å². The van der Waals surface area contributed by atoms with Gasteiger partial charge in [-0.15, -0.1) is 11.3 Å². The van der Waals surface area contributed by atoms with Crippen LogP contribution in [0.3, 0.4) is 0 Å². The molecule has 0 unspecified atom stereocenters. The van der Waals surface area contributed by atoms with E-state index >= 15 is 0 Å². The highest BCUT2D eigenvalue weighted by Crippen LogP contribution is 2.37. The molecular weight excluding hydrogens is 484 g/mol. The summed E-state index contributed by atoms with van der Waals surface area (Å²) in [6.07, 6.45) is 7.50. The Hall–Kier alpha value is -3.98. The molecular formula is C28H30N6O2S. The molecule has 2 amide bonds. The Kier molecular flexibility index (Phi) is 7.32. The van der Waals surface area contributed by atoms with Gasteiger partial charge in [0.05, 0.1) is 17.8 Å². The second-order valence-corrected chi connectivity index (χ2v) is 10.1. The van der Waals surface area contributed by atoms with Crippen molar-refractivity contribution >= 4 is 34.0 Å². The summed E-state index contributed by atoms with van der Waals surface area (Å²) < 4.78 is 1.92. The van der Waals surface area contributed by atoms with Gasteiger partial charge >= 0.3 is 0 Å². The van der Waals surface area contributed by atoms with Crippen LogP contribution in [0.4, 0.5) is 10.8 Å². The van der Waals surface area contributed by atoms with Gasteiger partial charge in [-0.2, -0.15) is 0 Å². The molecule has 0 saturated carbocycles. The van der Waals surface area contributed by atoms with E-state index in [1.54, 1.807) is 12.4 Å². The molecule has 4 heterocycles. The van der Waals surface area contributed by atoms with Gasteiger partial charge < -0.3 is 14.8 Å². The summed E-state index contributed by atoms with van der Waals surface area (Å²) >= 11 is 1.45. The predicted molar refractivity (Wildman–Crippen MR) is 146 cm³/mol. The zero-order valence-electron chi connectivity index (χ0n) is 20.9. The van der Waals surface area contributed by atoms with Gasteiger partial charge in [0.1, 0.15) is 5.69 Å². The van der Waals surface area contributed by atoms with Crippen molar-refractivity contribution < 1.29 is 9.59 Å². The number of carbonyl (C=O) groups is 2. The van der Waals surface area contributed by atoms with E-state index in [1.165, 1.54) is 18.3 Å². The van der Waals surface area contributed by atoms with Crippen LogP contribution in [-0.2, 0) is 11.3 Å². The predicted octanol–water partition coefficient (Wildman–Crippen LogP) is 5.18. The maximum Gasteiger partial charge on any atom is 0.274 e. The Morgan fingerprint density at radius 2 is 1.92 bits per heavy atom. The van der Waals surface area contributed by atoms with E-state index in [9.17, 15) is 9.59 Å². The third-order valence-corrected chi connectivity index (χ3v) is 7.42. The SMILES string of the molecule is CC(=O)N[C@@H](C)c1ccc(N2CCC[C@@H]2c2csc(NC(=O)c3cccn3Cc3ccncc3)n2)cc1. The summed E-state index contributed by atoms with van der Waals surface area (Å²) in [5.74, 6) is -0.211. The first-order valence-electron chi connectivity index (χ1n) is 12.4. The van der Waals surface area contributed by atoms with Crippen LogP contribution < -0.4 is 15.5 Å². The summed E-state index contributed by atoms with van der Waals surface area (Å²) in [5, 5.41) is 8.56. The van der Waals surface area contributed by atoms with E-state index in [1.807, 2.05) is 47.3 Å². The number of thiazole rings is 1. The Morgan fingerprint density at radius 1 is 1.14 bits per heavy atom. The van der Waals surface area contributed by atoms with E-state index in [0.717, 1.165) is 41.9 Å². The highest BCUT2D eigenvalue weighted by atomic mass is 32.1. The van der Waals surface area contributed by atoms with Crippen molar-refractivity contribution in [1.29, 1.82) is 0 Å². The molecule has 8 nitrogen and oxygen atoms in total. The number of nitrogens with zero attached hydrogens (tertiary/aromatic N) is 4. The number of hydrogen-bond donors (Lipinski definition) is 2. The largest absolute Gasteiger partial charge is 0.363 e. The number of hydrogen-bond acceptors (Lipinski definition) is 6. The topological polar surface area (TPSA) is 92.2 Å². The number of nitrogens with one attached hydrogen (secondary N) is 2. The lowest BCUT2D eigenvalue weighted by atomic mass is 10.1. The van der Waals surface area contributed by atoms with E-state index in [-0.39, 0.29) is 23.9 Å². The fourth-order valence-corrected chi connectivity index (χ4v) is 5.58. The van der Waals surface area contributed by atoms with Crippen LogP contribution in [0.2, 0.25) is 0 Å². The van der Waals surface area contributed by atoms with Gasteiger partial charge in [-0.1, -0.05) is 12.1 Å². The van der Waals surface area contributed by atoms with Crippen molar-refractivity contribution in [3.05, 3.63) is 95.0 Å². The summed E-state index contributed by atoms with van der Waals surface area (Å²) in [7, 11) is 0. The molecule has 0 spiro atoms. The zero-order chi connectivity index (χ0) is 25.8. The minimum atomic E-state index is -0.174. The van der Waals surface area contributed by atoms with Crippen LogP contribution in [0.25, 0.3) is 0 Å². The van der Waals surface area contributed by atoms with Crippen LogP contribution in [0.15, 0.2) is 72.5 Å². The number of amides is 2. The Labute approximate surface area is 220 Å². The molecule has 190 valence electrons. The van der Waals surface area contributed by atoms with Gasteiger partial charge in [-0.05, 0) is 67.3 Å². The average molecular weight is 515 g/mol. The Morgan fingerprint density at radius 3 is 2.68 bits per heavy atom. The fourth-order valence-electron chi connectivity index (χ4n) is 4.83. The maximum absolute atomic E-state index is 13.0. The Bertz CT molecular complexity index is 1360. The summed E-state index contributed by atoms with van der Waals surface area (Å²) in [6.45, 7) is 5.06. The lowest BCUT2D eigenvalue weighted by Gasteiger charge is -2.26. The third-order valence-electron chi connectivity index (χ3n) is 6.65. The third kappa shape index (κ3) is 5.72. The summed E-state index contributed by atoms with van der Waals surface area (Å²) in [4.78, 5) is 35.6. The van der Waals surface area contributed by atoms with Crippen molar-refractivity contribution in [3.63, 3.8) is 0 Å². The first-order chi connectivity index (χ1) is 18.0. The maximum atomic E-state index is 13.0. The molecule has 3 aromatic heterocycles. The number of pyridine rings is 1. The molecule has 37 heavy (non-hydrogen) atoms. The second kappa shape index (κ2) is 11.0. The van der Waals surface area contributed by atoms with Crippen LogP contribution in [-0.4, -0.2) is 32.9 Å². The molecule has 2 N–H and O–H groups in total. The van der Waals surface area contributed by atoms with Crippen molar-refractivity contribution in [3.8, 4) is 0 Å². The molecule has 4 aromatic rings. The lowest BCUT2D eigenvalue weighted by Crippen LogP contribution is -2.24. The van der Waals surface area contributed by atoms with Crippen LogP contribution in [0.5, 0.6) is 0 Å². The average Bonchev–Trinajstić information content (AvgIpc) is 3.65. The monoisotopic (exact) mass is 514 g/mol. The standard InChI is InChI=1S/C28H30N6O2S/c1-19(30-20(2)35)22-7-9-23(10-8-22)34-16-4-5-25(34)24-18-37-28(31-24)32-27(36)26-6-3-15-33(26)17-21-11-13-29-14-12-21/h3,6-15,18-19,25H,4-5,16-17H2,1-2H3,(H,30,35)(H,31,32,36)/t19-,25+/m0/s1. The first-order valence-corrected chi connectivity index (χ1v) is 13.3. The number of aromatic nitrogens is 3. The molecule has 1 aliphatic heterocycles. The number of benzene rings is 1. The highest BCUT2D eigenvalue weighted by molar-refractivity contribution is 7.14. The molecule has 0 radical (unpaired) electrons. The van der Waals surface area contributed by atoms with E-state index in [2.05, 4.69) is 44.8 Å². The van der Waals surface area contributed by atoms with Crippen molar-refractivity contribution in [2.75, 3.05) is 16.8 Å². The van der Waals surface area contributed by atoms with E-state index < -0.39 is 0 Å². The number of rotatable bonds is 8. The minimum absolute atomic E-state index is 0.0311. The lowest BCUT2D eigenvalue weighted by molar-refractivity contribution is -0.119. The number of carbonyl (C=O) groups excluding carboxylic acids is 2. The smallest absolute Gasteiger partial charge is 0.274 e. The number of anilines is 2. The van der Waals surface area contributed by atoms with Crippen LogP contribution >= 0.6 is 11.3 Å². The van der Waals surface area contributed by atoms with Gasteiger partial charge in [0, 0.05) is 49.7 Å². The van der Waals surface area contributed by atoms with Gasteiger partial charge in [0.15, 0.2) is 5.13 Å². The molecule has 2 atom stereocenters. The van der Waals surface area contributed by atoms with Crippen molar-refractivity contribution in [2.45, 2.75) is 45.3 Å². The van der Waals surface area contributed by atoms with Gasteiger partial charge in [0.25, 0.3) is 5.91 Å². The molecule has 1 saturated heterocycles. The zero-order valence-corrected chi connectivity index (χ0v) is 21.7. The summed E-state index contributed by atoms with van der Waals surface area (Å²) in [5.41, 5.74) is 4.84. The van der Waals surface area contributed by atoms with Crippen molar-refractivity contribution in [1.82, 2.24) is 19.9 Å².